The van der Waals surface area contributed by atoms with Crippen LogP contribution in [0, 0.1) is 0 Å². The van der Waals surface area contributed by atoms with E-state index in [1.165, 1.54) is 51.4 Å². The van der Waals surface area contributed by atoms with Crippen molar-refractivity contribution in [1.82, 2.24) is 0 Å². The first-order valence-electron chi connectivity index (χ1n) is 10.7. The van der Waals surface area contributed by atoms with Crippen molar-refractivity contribution in [1.29, 1.82) is 0 Å². The average Bonchev–Trinajstić information content (AvgIpc) is 2.63. The number of allylic oxidation sites excluding steroid dienone is 10. The molecule has 0 radical (unpaired) electrons. The molecular weight excluding hydrogens is 300 g/mol. The van der Waals surface area contributed by atoms with Crippen LogP contribution in [-0.4, -0.2) is 0 Å². The van der Waals surface area contributed by atoms with Crippen molar-refractivity contribution in [3.05, 3.63) is 60.8 Å². The van der Waals surface area contributed by atoms with Gasteiger partial charge in [0.2, 0.25) is 0 Å². The van der Waals surface area contributed by atoms with E-state index in [0.717, 1.165) is 32.1 Å². The maximum atomic E-state index is 2.35. The van der Waals surface area contributed by atoms with Crippen molar-refractivity contribution >= 4 is 0 Å². The molecule has 0 aromatic carbocycles. The molecule has 0 heteroatoms. The predicted molar refractivity (Wildman–Crippen MR) is 117 cm³/mol. The molecule has 0 unspecified atom stereocenters. The van der Waals surface area contributed by atoms with Gasteiger partial charge in [0.25, 0.3) is 0 Å². The third-order valence-corrected chi connectivity index (χ3v) is 4.13. The first-order chi connectivity index (χ1) is 12.4. The van der Waals surface area contributed by atoms with Crippen LogP contribution in [-0.2, 0) is 0 Å². The van der Waals surface area contributed by atoms with Gasteiger partial charge in [-0.05, 0) is 44.9 Å². The highest BCUT2D eigenvalue weighted by atomic mass is 13.9. The molecule has 0 spiro atoms. The van der Waals surface area contributed by atoms with Crippen LogP contribution in [0.3, 0.4) is 0 Å². The second-order valence-corrected chi connectivity index (χ2v) is 6.62. The summed E-state index contributed by atoms with van der Waals surface area (Å²) in [5.74, 6) is 0. The Bertz CT molecular complexity index is 379. The normalized spacial score (nSPS) is 12.9. The molecule has 0 aliphatic rings. The fourth-order valence-corrected chi connectivity index (χ4v) is 2.59. The summed E-state index contributed by atoms with van der Waals surface area (Å²) in [5.41, 5.74) is 0. The minimum Gasteiger partial charge on any atom is -0.0885 e. The molecule has 25 heavy (non-hydrogen) atoms. The van der Waals surface area contributed by atoms with Gasteiger partial charge in [0.1, 0.15) is 0 Å². The van der Waals surface area contributed by atoms with Gasteiger partial charge in [0.15, 0.2) is 0 Å². The van der Waals surface area contributed by atoms with Crippen LogP contribution < -0.4 is 0 Å². The Morgan fingerprint density at radius 3 is 1.28 bits per heavy atom. The van der Waals surface area contributed by atoms with Crippen molar-refractivity contribution in [2.24, 2.45) is 0 Å². The first-order valence-corrected chi connectivity index (χ1v) is 10.7. The van der Waals surface area contributed by atoms with Crippen LogP contribution in [0.1, 0.15) is 97.3 Å². The highest BCUT2D eigenvalue weighted by Crippen LogP contribution is 2.08. The summed E-state index contributed by atoms with van der Waals surface area (Å²) in [7, 11) is 0. The van der Waals surface area contributed by atoms with Crippen molar-refractivity contribution in [2.75, 3.05) is 0 Å². The lowest BCUT2D eigenvalue weighted by Crippen LogP contribution is -1.78. The van der Waals surface area contributed by atoms with E-state index in [-0.39, 0.29) is 0 Å². The van der Waals surface area contributed by atoms with Gasteiger partial charge in [0, 0.05) is 0 Å². The zero-order valence-corrected chi connectivity index (χ0v) is 17.0. The van der Waals surface area contributed by atoms with Crippen molar-refractivity contribution in [2.45, 2.75) is 97.3 Å². The molecule has 0 saturated carbocycles. The third kappa shape index (κ3) is 22.7. The standard InChI is InChI=1S/C25H42/c1-3-5-7-9-11-13-15-17-19-21-23-25-24-22-20-18-16-14-12-10-8-6-4-2/h5,7,11,13,17,19-20,22-23,25H,3-4,6,8-10,12,14-16,18,21,24H2,1-2H3/b7-5-,13-11-,19-17-,22-20-,25-23-. The number of hydrogen-bond donors (Lipinski definition) is 0. The SMILES string of the molecule is CC/C=C\C/C=C\C/C=C\C/C=C\C/C=C\CCCCCCCCC. The lowest BCUT2D eigenvalue weighted by atomic mass is 10.1. The summed E-state index contributed by atoms with van der Waals surface area (Å²) >= 11 is 0. The maximum absolute atomic E-state index is 2.35. The van der Waals surface area contributed by atoms with Gasteiger partial charge in [-0.2, -0.15) is 0 Å². The molecule has 0 aromatic heterocycles. The fourth-order valence-electron chi connectivity index (χ4n) is 2.59. The van der Waals surface area contributed by atoms with Crippen LogP contribution in [0.25, 0.3) is 0 Å². The van der Waals surface area contributed by atoms with Gasteiger partial charge in [-0.15, -0.1) is 0 Å². The van der Waals surface area contributed by atoms with Crippen molar-refractivity contribution in [3.8, 4) is 0 Å². The van der Waals surface area contributed by atoms with Crippen LogP contribution in [0.5, 0.6) is 0 Å². The molecule has 0 amide bonds. The largest absolute Gasteiger partial charge is 0.0885 e. The Balaban J connectivity index is 3.36. The second kappa shape index (κ2) is 22.7. The minimum atomic E-state index is 1.05. The zero-order valence-electron chi connectivity index (χ0n) is 17.0. The Morgan fingerprint density at radius 2 is 0.800 bits per heavy atom. The second-order valence-electron chi connectivity index (χ2n) is 6.62. The molecule has 0 bridgehead atoms. The molecule has 0 aliphatic heterocycles. The maximum Gasteiger partial charge on any atom is -0.0169 e. The highest BCUT2D eigenvalue weighted by molar-refractivity contribution is 5.00. The Labute approximate surface area is 158 Å². The number of unbranched alkanes of at least 4 members (excludes halogenated alkanes) is 7. The molecule has 0 aromatic rings. The fraction of sp³-hybridized carbons (Fsp3) is 0.600. The number of hydrogen-bond acceptors (Lipinski definition) is 0. The molecule has 0 N–H and O–H groups in total. The summed E-state index contributed by atoms with van der Waals surface area (Å²) < 4.78 is 0. The Hall–Kier alpha value is -1.30. The molecule has 0 aliphatic carbocycles. The van der Waals surface area contributed by atoms with Gasteiger partial charge in [-0.3, -0.25) is 0 Å². The van der Waals surface area contributed by atoms with Crippen LogP contribution >= 0.6 is 0 Å². The smallest absolute Gasteiger partial charge is 0.0169 e. The van der Waals surface area contributed by atoms with E-state index in [9.17, 15) is 0 Å². The van der Waals surface area contributed by atoms with Crippen LogP contribution in [0.15, 0.2) is 60.8 Å². The monoisotopic (exact) mass is 342 g/mol. The van der Waals surface area contributed by atoms with Gasteiger partial charge < -0.3 is 0 Å². The molecule has 0 saturated heterocycles. The molecular formula is C25H42. The topological polar surface area (TPSA) is 0 Å². The van der Waals surface area contributed by atoms with E-state index >= 15 is 0 Å². The number of rotatable bonds is 17. The lowest BCUT2D eigenvalue weighted by Gasteiger charge is -1.98. The highest BCUT2D eigenvalue weighted by Gasteiger charge is 1.88. The average molecular weight is 343 g/mol. The van der Waals surface area contributed by atoms with Gasteiger partial charge >= 0.3 is 0 Å². The molecule has 0 heterocycles. The summed E-state index contributed by atoms with van der Waals surface area (Å²) in [6.45, 7) is 4.45. The first kappa shape index (κ1) is 23.7. The molecule has 0 fully saturated rings. The molecule has 0 rings (SSSR count). The van der Waals surface area contributed by atoms with Crippen molar-refractivity contribution in [3.63, 3.8) is 0 Å². The van der Waals surface area contributed by atoms with E-state index < -0.39 is 0 Å². The van der Waals surface area contributed by atoms with E-state index in [1.807, 2.05) is 0 Å². The minimum absolute atomic E-state index is 1.05. The Morgan fingerprint density at radius 1 is 0.400 bits per heavy atom. The lowest BCUT2D eigenvalue weighted by molar-refractivity contribution is 0.592. The zero-order chi connectivity index (χ0) is 18.3. The summed E-state index contributed by atoms with van der Waals surface area (Å²) in [5, 5.41) is 0. The Kier molecular flexibility index (Phi) is 21.5. The van der Waals surface area contributed by atoms with Crippen molar-refractivity contribution < 1.29 is 0 Å². The summed E-state index contributed by atoms with van der Waals surface area (Å²) in [4.78, 5) is 0. The van der Waals surface area contributed by atoms with E-state index in [1.54, 1.807) is 0 Å². The summed E-state index contributed by atoms with van der Waals surface area (Å²) in [6, 6.07) is 0. The van der Waals surface area contributed by atoms with E-state index in [0.29, 0.717) is 0 Å². The van der Waals surface area contributed by atoms with Gasteiger partial charge in [-0.25, -0.2) is 0 Å². The quantitative estimate of drug-likeness (QED) is 0.183. The molecule has 142 valence electrons. The van der Waals surface area contributed by atoms with Gasteiger partial charge in [0.05, 0.1) is 0 Å². The molecule has 0 atom stereocenters. The molecule has 0 nitrogen and oxygen atoms in total. The predicted octanol–water partition coefficient (Wildman–Crippen LogP) is 8.88. The van der Waals surface area contributed by atoms with E-state index in [4.69, 9.17) is 0 Å². The summed E-state index contributed by atoms with van der Waals surface area (Å²) in [6.07, 6.45) is 39.1. The van der Waals surface area contributed by atoms with Crippen LogP contribution in [0.2, 0.25) is 0 Å². The van der Waals surface area contributed by atoms with Gasteiger partial charge in [-0.1, -0.05) is 113 Å². The van der Waals surface area contributed by atoms with Crippen LogP contribution in [0.4, 0.5) is 0 Å². The third-order valence-electron chi connectivity index (χ3n) is 4.13. The van der Waals surface area contributed by atoms with E-state index in [2.05, 4.69) is 74.6 Å².